The first kappa shape index (κ1) is 16.4. The summed E-state index contributed by atoms with van der Waals surface area (Å²) in [5.41, 5.74) is 0. The lowest BCUT2D eigenvalue weighted by atomic mass is 10.0. The topological polar surface area (TPSA) is 91.3 Å². The zero-order chi connectivity index (χ0) is 15.1. The first-order chi connectivity index (χ1) is 9.43. The Bertz CT molecular complexity index is 434. The van der Waals surface area contributed by atoms with E-state index in [1.165, 1.54) is 11.3 Å². The molecule has 0 aliphatic carbocycles. The highest BCUT2D eigenvalue weighted by Gasteiger charge is 2.22. The van der Waals surface area contributed by atoms with Gasteiger partial charge in [0.25, 0.3) is 0 Å². The van der Waals surface area contributed by atoms with Gasteiger partial charge in [-0.2, -0.15) is 0 Å². The molecule has 2 amide bonds. The molecule has 6 nitrogen and oxygen atoms in total. The molecule has 0 saturated carbocycles. The van der Waals surface area contributed by atoms with Crippen LogP contribution in [0.3, 0.4) is 0 Å². The van der Waals surface area contributed by atoms with Crippen LogP contribution in [-0.4, -0.2) is 28.1 Å². The van der Waals surface area contributed by atoms with Gasteiger partial charge in [0.05, 0.1) is 6.04 Å². The third kappa shape index (κ3) is 5.16. The average molecular weight is 299 g/mol. The molecular formula is C13H21N3O3S. The van der Waals surface area contributed by atoms with E-state index in [1.54, 1.807) is 6.20 Å². The molecule has 0 bridgehead atoms. The van der Waals surface area contributed by atoms with Gasteiger partial charge in [0.1, 0.15) is 11.0 Å². The summed E-state index contributed by atoms with van der Waals surface area (Å²) in [4.78, 5) is 27.2. The number of hydrogen-bond donors (Lipinski definition) is 3. The van der Waals surface area contributed by atoms with E-state index in [2.05, 4.69) is 15.6 Å². The second kappa shape index (κ2) is 7.84. The summed E-state index contributed by atoms with van der Waals surface area (Å²) in [7, 11) is 0. The Hall–Kier alpha value is -1.63. The number of aromatic nitrogens is 1. The molecule has 1 heterocycles. The predicted molar refractivity (Wildman–Crippen MR) is 77.7 cm³/mol. The second-order valence-corrected chi connectivity index (χ2v) is 5.90. The maximum atomic E-state index is 11.9. The molecule has 1 unspecified atom stereocenters. The van der Waals surface area contributed by atoms with E-state index in [-0.39, 0.29) is 12.0 Å². The maximum Gasteiger partial charge on any atom is 0.326 e. The Morgan fingerprint density at radius 3 is 2.55 bits per heavy atom. The molecule has 112 valence electrons. The number of nitrogens with one attached hydrogen (secondary N) is 2. The molecule has 0 saturated heterocycles. The minimum absolute atomic E-state index is 0.191. The number of urea groups is 1. The van der Waals surface area contributed by atoms with E-state index in [0.29, 0.717) is 12.8 Å². The van der Waals surface area contributed by atoms with E-state index in [4.69, 9.17) is 5.11 Å². The lowest BCUT2D eigenvalue weighted by molar-refractivity contribution is -0.139. The lowest BCUT2D eigenvalue weighted by Crippen LogP contribution is -2.47. The summed E-state index contributed by atoms with van der Waals surface area (Å²) in [6.45, 7) is 5.77. The van der Waals surface area contributed by atoms with Crippen LogP contribution in [0.1, 0.15) is 44.7 Å². The number of rotatable bonds is 7. The molecule has 0 fully saturated rings. The van der Waals surface area contributed by atoms with Gasteiger partial charge in [0.2, 0.25) is 0 Å². The van der Waals surface area contributed by atoms with Crippen LogP contribution < -0.4 is 10.6 Å². The van der Waals surface area contributed by atoms with Crippen molar-refractivity contribution in [2.75, 3.05) is 0 Å². The van der Waals surface area contributed by atoms with Crippen molar-refractivity contribution in [1.29, 1.82) is 0 Å². The van der Waals surface area contributed by atoms with Crippen LogP contribution in [0.25, 0.3) is 0 Å². The molecule has 7 heteroatoms. The number of amides is 2. The molecule has 0 radical (unpaired) electrons. The third-order valence-corrected chi connectivity index (χ3v) is 3.66. The van der Waals surface area contributed by atoms with Crippen molar-refractivity contribution in [3.63, 3.8) is 0 Å². The van der Waals surface area contributed by atoms with Gasteiger partial charge in [0.15, 0.2) is 0 Å². The first-order valence-corrected chi connectivity index (χ1v) is 7.51. The van der Waals surface area contributed by atoms with Crippen LogP contribution in [0, 0.1) is 5.92 Å². The highest BCUT2D eigenvalue weighted by atomic mass is 32.1. The smallest absolute Gasteiger partial charge is 0.326 e. The number of carbonyl (C=O) groups excluding carboxylic acids is 1. The molecule has 0 aliphatic rings. The largest absolute Gasteiger partial charge is 0.480 e. The Labute approximate surface area is 122 Å². The fraction of sp³-hybridized carbons (Fsp3) is 0.615. The minimum Gasteiger partial charge on any atom is -0.480 e. The standard InChI is InChI=1S/C13H21N3O3S/c1-4-9(11-14-5-6-20-11)15-13(19)16-10(12(17)18)7-8(2)3/h5-6,8-10H,4,7H2,1-3H3,(H,17,18)(H2,15,16,19)/t9?,10-/m0/s1. The van der Waals surface area contributed by atoms with Crippen molar-refractivity contribution in [3.05, 3.63) is 16.6 Å². The van der Waals surface area contributed by atoms with Gasteiger partial charge in [-0.3, -0.25) is 0 Å². The van der Waals surface area contributed by atoms with Gasteiger partial charge in [-0.15, -0.1) is 11.3 Å². The number of hydrogen-bond acceptors (Lipinski definition) is 4. The van der Waals surface area contributed by atoms with Crippen LogP contribution in [0.5, 0.6) is 0 Å². The molecule has 0 aliphatic heterocycles. The highest BCUT2D eigenvalue weighted by molar-refractivity contribution is 7.09. The summed E-state index contributed by atoms with van der Waals surface area (Å²) in [5.74, 6) is -0.825. The van der Waals surface area contributed by atoms with E-state index in [9.17, 15) is 9.59 Å². The van der Waals surface area contributed by atoms with Crippen molar-refractivity contribution < 1.29 is 14.7 Å². The normalized spacial score (nSPS) is 13.8. The average Bonchev–Trinajstić information content (AvgIpc) is 2.88. The highest BCUT2D eigenvalue weighted by Crippen LogP contribution is 2.18. The monoisotopic (exact) mass is 299 g/mol. The zero-order valence-electron chi connectivity index (χ0n) is 11.9. The van der Waals surface area contributed by atoms with Gasteiger partial charge in [-0.25, -0.2) is 14.6 Å². The number of thiazole rings is 1. The summed E-state index contributed by atoms with van der Waals surface area (Å²) >= 11 is 1.46. The summed E-state index contributed by atoms with van der Waals surface area (Å²) in [5, 5.41) is 17.0. The number of carbonyl (C=O) groups is 2. The van der Waals surface area contributed by atoms with Gasteiger partial charge in [0, 0.05) is 11.6 Å². The fourth-order valence-electron chi connectivity index (χ4n) is 1.80. The van der Waals surface area contributed by atoms with E-state index >= 15 is 0 Å². The molecule has 2 atom stereocenters. The Morgan fingerprint density at radius 1 is 1.40 bits per heavy atom. The number of carboxylic acid groups (broad SMARTS) is 1. The summed E-state index contributed by atoms with van der Waals surface area (Å²) in [6.07, 6.45) is 2.78. The second-order valence-electron chi connectivity index (χ2n) is 4.97. The van der Waals surface area contributed by atoms with Crippen molar-refractivity contribution >= 4 is 23.3 Å². The molecule has 1 rings (SSSR count). The maximum absolute atomic E-state index is 11.9. The number of carboxylic acids is 1. The van der Waals surface area contributed by atoms with Crippen LogP contribution >= 0.6 is 11.3 Å². The first-order valence-electron chi connectivity index (χ1n) is 6.63. The van der Waals surface area contributed by atoms with E-state index < -0.39 is 18.0 Å². The lowest BCUT2D eigenvalue weighted by Gasteiger charge is -2.19. The SMILES string of the molecule is CCC(NC(=O)N[C@@H](CC(C)C)C(=O)O)c1nccs1. The Morgan fingerprint density at radius 2 is 2.10 bits per heavy atom. The third-order valence-electron chi connectivity index (χ3n) is 2.77. The summed E-state index contributed by atoms with van der Waals surface area (Å²) < 4.78 is 0. The van der Waals surface area contributed by atoms with Crippen molar-refractivity contribution in [2.24, 2.45) is 5.92 Å². The quantitative estimate of drug-likeness (QED) is 0.721. The molecule has 3 N–H and O–H groups in total. The van der Waals surface area contributed by atoms with Gasteiger partial charge >= 0.3 is 12.0 Å². The van der Waals surface area contributed by atoms with Crippen LogP contribution in [0.4, 0.5) is 4.79 Å². The Kier molecular flexibility index (Phi) is 6.44. The Balaban J connectivity index is 2.58. The minimum atomic E-state index is -1.02. The van der Waals surface area contributed by atoms with Crippen molar-refractivity contribution in [2.45, 2.75) is 45.7 Å². The molecule has 1 aromatic heterocycles. The van der Waals surface area contributed by atoms with Crippen LogP contribution in [0.2, 0.25) is 0 Å². The van der Waals surface area contributed by atoms with E-state index in [1.807, 2.05) is 26.2 Å². The van der Waals surface area contributed by atoms with Gasteiger partial charge < -0.3 is 15.7 Å². The van der Waals surface area contributed by atoms with Gasteiger partial charge in [-0.05, 0) is 18.8 Å². The van der Waals surface area contributed by atoms with Gasteiger partial charge in [-0.1, -0.05) is 20.8 Å². The fourth-order valence-corrected chi connectivity index (χ4v) is 2.57. The van der Waals surface area contributed by atoms with E-state index in [0.717, 1.165) is 5.01 Å². The van der Waals surface area contributed by atoms with Crippen molar-refractivity contribution in [3.8, 4) is 0 Å². The van der Waals surface area contributed by atoms with Crippen LogP contribution in [-0.2, 0) is 4.79 Å². The molecule has 1 aromatic rings. The molecule has 0 spiro atoms. The summed E-state index contributed by atoms with van der Waals surface area (Å²) in [6, 6.07) is -1.53. The number of aliphatic carboxylic acids is 1. The number of nitrogens with zero attached hydrogens (tertiary/aromatic N) is 1. The van der Waals surface area contributed by atoms with Crippen molar-refractivity contribution in [1.82, 2.24) is 15.6 Å². The zero-order valence-corrected chi connectivity index (χ0v) is 12.7. The molecular weight excluding hydrogens is 278 g/mol. The predicted octanol–water partition coefficient (Wildman–Crippen LogP) is 2.39. The molecule has 20 heavy (non-hydrogen) atoms. The molecule has 0 aromatic carbocycles. The van der Waals surface area contributed by atoms with Crippen LogP contribution in [0.15, 0.2) is 11.6 Å².